The standard InChI is InChI=1S/C18H19NO2/c1-3-16-11-7-8-12-17(16)18(20)21-14(2)19-13-15-9-5-4-6-10-15/h4-14H,3H2,1-2H3. The third-order valence-electron chi connectivity index (χ3n) is 3.13. The van der Waals surface area contributed by atoms with Crippen LogP contribution in [0, 0.1) is 0 Å². The van der Waals surface area contributed by atoms with Crippen LogP contribution in [0.15, 0.2) is 59.6 Å². The van der Waals surface area contributed by atoms with Crippen LogP contribution in [-0.4, -0.2) is 18.4 Å². The summed E-state index contributed by atoms with van der Waals surface area (Å²) < 4.78 is 5.36. The van der Waals surface area contributed by atoms with Crippen molar-refractivity contribution in [2.75, 3.05) is 0 Å². The summed E-state index contributed by atoms with van der Waals surface area (Å²) in [6.45, 7) is 3.77. The predicted molar refractivity (Wildman–Crippen MR) is 84.7 cm³/mol. The lowest BCUT2D eigenvalue weighted by atomic mass is 10.1. The molecule has 0 heterocycles. The molecule has 0 aliphatic rings. The van der Waals surface area contributed by atoms with Gasteiger partial charge in [-0.1, -0.05) is 55.5 Å². The van der Waals surface area contributed by atoms with Gasteiger partial charge in [-0.25, -0.2) is 4.79 Å². The average Bonchev–Trinajstić information content (AvgIpc) is 2.53. The van der Waals surface area contributed by atoms with Gasteiger partial charge in [0.05, 0.1) is 5.56 Å². The highest BCUT2D eigenvalue weighted by Crippen LogP contribution is 2.12. The molecule has 1 atom stereocenters. The van der Waals surface area contributed by atoms with Crippen LogP contribution in [0.25, 0.3) is 0 Å². The van der Waals surface area contributed by atoms with E-state index < -0.39 is 6.23 Å². The molecule has 2 rings (SSSR count). The van der Waals surface area contributed by atoms with Gasteiger partial charge in [-0.15, -0.1) is 0 Å². The van der Waals surface area contributed by atoms with E-state index in [1.54, 1.807) is 19.2 Å². The molecule has 108 valence electrons. The topological polar surface area (TPSA) is 38.7 Å². The van der Waals surface area contributed by atoms with Gasteiger partial charge < -0.3 is 4.74 Å². The average molecular weight is 281 g/mol. The smallest absolute Gasteiger partial charge is 0.340 e. The minimum Gasteiger partial charge on any atom is -0.436 e. The van der Waals surface area contributed by atoms with Crippen molar-refractivity contribution < 1.29 is 9.53 Å². The largest absolute Gasteiger partial charge is 0.436 e. The third kappa shape index (κ3) is 4.28. The fourth-order valence-electron chi connectivity index (χ4n) is 2.01. The van der Waals surface area contributed by atoms with Crippen LogP contribution < -0.4 is 0 Å². The molecule has 0 radical (unpaired) electrons. The zero-order chi connectivity index (χ0) is 15.1. The van der Waals surface area contributed by atoms with E-state index in [0.717, 1.165) is 17.5 Å². The number of aryl methyl sites for hydroxylation is 1. The van der Waals surface area contributed by atoms with E-state index in [-0.39, 0.29) is 5.97 Å². The van der Waals surface area contributed by atoms with Crippen LogP contribution in [0.4, 0.5) is 0 Å². The summed E-state index contributed by atoms with van der Waals surface area (Å²) >= 11 is 0. The lowest BCUT2D eigenvalue weighted by Gasteiger charge is -2.11. The molecule has 0 fully saturated rings. The van der Waals surface area contributed by atoms with Crippen molar-refractivity contribution in [1.29, 1.82) is 0 Å². The van der Waals surface area contributed by atoms with Gasteiger partial charge in [0.1, 0.15) is 0 Å². The molecule has 0 spiro atoms. The number of nitrogens with zero attached hydrogens (tertiary/aromatic N) is 1. The zero-order valence-corrected chi connectivity index (χ0v) is 12.3. The summed E-state index contributed by atoms with van der Waals surface area (Å²) in [4.78, 5) is 16.4. The van der Waals surface area contributed by atoms with E-state index >= 15 is 0 Å². The number of hydrogen-bond acceptors (Lipinski definition) is 3. The van der Waals surface area contributed by atoms with Crippen molar-refractivity contribution in [3.63, 3.8) is 0 Å². The molecule has 0 aliphatic carbocycles. The van der Waals surface area contributed by atoms with E-state index in [4.69, 9.17) is 4.74 Å². The monoisotopic (exact) mass is 281 g/mol. The number of esters is 1. The van der Waals surface area contributed by atoms with E-state index in [1.165, 1.54) is 0 Å². The Morgan fingerprint density at radius 1 is 1.14 bits per heavy atom. The molecule has 1 unspecified atom stereocenters. The highest BCUT2D eigenvalue weighted by atomic mass is 16.6. The minimum absolute atomic E-state index is 0.329. The Kier molecular flexibility index (Phi) is 5.27. The first kappa shape index (κ1) is 15.0. The molecule has 0 saturated heterocycles. The van der Waals surface area contributed by atoms with E-state index in [2.05, 4.69) is 4.99 Å². The van der Waals surface area contributed by atoms with Gasteiger partial charge >= 0.3 is 5.97 Å². The van der Waals surface area contributed by atoms with Crippen molar-refractivity contribution in [2.45, 2.75) is 26.5 Å². The Morgan fingerprint density at radius 3 is 2.52 bits per heavy atom. The molecule has 2 aromatic rings. The summed E-state index contributed by atoms with van der Waals surface area (Å²) in [5, 5.41) is 0. The highest BCUT2D eigenvalue weighted by Gasteiger charge is 2.13. The lowest BCUT2D eigenvalue weighted by molar-refractivity contribution is 0.0360. The molecular weight excluding hydrogens is 262 g/mol. The quantitative estimate of drug-likeness (QED) is 0.616. The van der Waals surface area contributed by atoms with Crippen LogP contribution in [0.5, 0.6) is 0 Å². The molecule has 0 aromatic heterocycles. The summed E-state index contributed by atoms with van der Waals surface area (Å²) in [6, 6.07) is 17.2. The summed E-state index contributed by atoms with van der Waals surface area (Å²) in [5.41, 5.74) is 2.58. The van der Waals surface area contributed by atoms with Gasteiger partial charge in [-0.2, -0.15) is 0 Å². The summed E-state index contributed by atoms with van der Waals surface area (Å²) in [5.74, 6) is -0.329. The van der Waals surface area contributed by atoms with Gasteiger partial charge in [0, 0.05) is 6.21 Å². The molecule has 0 aliphatic heterocycles. The molecule has 0 amide bonds. The van der Waals surface area contributed by atoms with Crippen molar-refractivity contribution >= 4 is 12.2 Å². The van der Waals surface area contributed by atoms with E-state index in [9.17, 15) is 4.79 Å². The van der Waals surface area contributed by atoms with Gasteiger partial charge in [0.25, 0.3) is 0 Å². The van der Waals surface area contributed by atoms with Crippen molar-refractivity contribution in [2.24, 2.45) is 4.99 Å². The first-order chi connectivity index (χ1) is 10.2. The number of aliphatic imine (C=N–C) groups is 1. The minimum atomic E-state index is -0.511. The van der Waals surface area contributed by atoms with Crippen molar-refractivity contribution in [1.82, 2.24) is 0 Å². The maximum atomic E-state index is 12.2. The Hall–Kier alpha value is -2.42. The van der Waals surface area contributed by atoms with Crippen LogP contribution in [0.3, 0.4) is 0 Å². The second kappa shape index (κ2) is 7.39. The Morgan fingerprint density at radius 2 is 1.81 bits per heavy atom. The van der Waals surface area contributed by atoms with Gasteiger partial charge in [0.15, 0.2) is 6.23 Å². The maximum absolute atomic E-state index is 12.2. The third-order valence-corrected chi connectivity index (χ3v) is 3.13. The van der Waals surface area contributed by atoms with Crippen LogP contribution in [0.1, 0.15) is 35.3 Å². The first-order valence-electron chi connectivity index (χ1n) is 7.08. The van der Waals surface area contributed by atoms with Gasteiger partial charge in [-0.3, -0.25) is 4.99 Å². The Labute approximate surface area is 125 Å². The van der Waals surface area contributed by atoms with Crippen molar-refractivity contribution in [3.05, 3.63) is 71.3 Å². The number of carbonyl (C=O) groups excluding carboxylic acids is 1. The molecule has 3 nitrogen and oxygen atoms in total. The highest BCUT2D eigenvalue weighted by molar-refractivity contribution is 5.91. The summed E-state index contributed by atoms with van der Waals surface area (Å²) in [7, 11) is 0. The van der Waals surface area contributed by atoms with Crippen LogP contribution >= 0.6 is 0 Å². The van der Waals surface area contributed by atoms with Gasteiger partial charge in [0.2, 0.25) is 0 Å². The Bertz CT molecular complexity index is 620. The molecule has 0 bridgehead atoms. The molecule has 0 N–H and O–H groups in total. The fraction of sp³-hybridized carbons (Fsp3) is 0.222. The lowest BCUT2D eigenvalue weighted by Crippen LogP contribution is -2.14. The molecular formula is C18H19NO2. The normalized spacial score (nSPS) is 12.3. The van der Waals surface area contributed by atoms with Crippen LogP contribution in [0.2, 0.25) is 0 Å². The van der Waals surface area contributed by atoms with E-state index in [1.807, 2.05) is 55.5 Å². The molecule has 0 saturated carbocycles. The number of carbonyl (C=O) groups is 1. The zero-order valence-electron chi connectivity index (χ0n) is 12.3. The van der Waals surface area contributed by atoms with E-state index in [0.29, 0.717) is 5.56 Å². The number of ether oxygens (including phenoxy) is 1. The number of rotatable bonds is 5. The second-order valence-electron chi connectivity index (χ2n) is 4.70. The Balaban J connectivity index is 2.01. The predicted octanol–water partition coefficient (Wildman–Crippen LogP) is 3.87. The van der Waals surface area contributed by atoms with Crippen molar-refractivity contribution in [3.8, 4) is 0 Å². The second-order valence-corrected chi connectivity index (χ2v) is 4.70. The molecule has 21 heavy (non-hydrogen) atoms. The summed E-state index contributed by atoms with van der Waals surface area (Å²) in [6.07, 6.45) is 2.00. The molecule has 2 aromatic carbocycles. The number of benzene rings is 2. The number of hydrogen-bond donors (Lipinski definition) is 0. The maximum Gasteiger partial charge on any atom is 0.340 e. The first-order valence-corrected chi connectivity index (χ1v) is 7.08. The fourth-order valence-corrected chi connectivity index (χ4v) is 2.01. The molecule has 3 heteroatoms. The van der Waals surface area contributed by atoms with Gasteiger partial charge in [-0.05, 0) is 30.5 Å². The SMILES string of the molecule is CCc1ccccc1C(=O)OC(C)N=Cc1ccccc1. The van der Waals surface area contributed by atoms with Crippen LogP contribution in [-0.2, 0) is 11.2 Å².